The van der Waals surface area contributed by atoms with Gasteiger partial charge < -0.3 is 0 Å². The van der Waals surface area contributed by atoms with Gasteiger partial charge in [0.05, 0.1) is 6.26 Å². The fourth-order valence-corrected chi connectivity index (χ4v) is 3.10. The topological polar surface area (TPSA) is 49.4 Å². The first kappa shape index (κ1) is 16.2. The highest BCUT2D eigenvalue weighted by Crippen LogP contribution is 2.22. The minimum atomic E-state index is -3.06. The van der Waals surface area contributed by atoms with Crippen LogP contribution >= 0.6 is 0 Å². The molecule has 2 rings (SSSR count). The molecule has 0 fully saturated rings. The highest BCUT2D eigenvalue weighted by atomic mass is 32.2. The van der Waals surface area contributed by atoms with E-state index in [2.05, 4.69) is 46.9 Å². The van der Waals surface area contributed by atoms with Gasteiger partial charge in [-0.3, -0.25) is 4.90 Å². The molecule has 1 N–H and O–H groups in total. The van der Waals surface area contributed by atoms with Crippen molar-refractivity contribution in [1.29, 1.82) is 0 Å². The van der Waals surface area contributed by atoms with Crippen LogP contribution in [0.15, 0.2) is 30.3 Å². The maximum absolute atomic E-state index is 11.0. The van der Waals surface area contributed by atoms with Crippen molar-refractivity contribution in [3.63, 3.8) is 0 Å². The summed E-state index contributed by atoms with van der Waals surface area (Å²) >= 11 is 0. The molecule has 0 saturated heterocycles. The van der Waals surface area contributed by atoms with E-state index in [-0.39, 0.29) is 0 Å². The number of hydrogen-bond donors (Lipinski definition) is 1. The Labute approximate surface area is 127 Å². The molecule has 116 valence electrons. The van der Waals surface area contributed by atoms with Crippen LogP contribution in [0.25, 0.3) is 5.57 Å². The zero-order valence-corrected chi connectivity index (χ0v) is 13.6. The standard InChI is InChI=1S/C16H24N2O2S/c1-14-5-3-6-16(13-14)15-7-11-18(12-8-15)10-4-9-17-21(2,19)20/h3,5-7,13,17H,4,8-12H2,1-2H3. The Morgan fingerprint density at radius 2 is 2.14 bits per heavy atom. The van der Waals surface area contributed by atoms with E-state index in [1.165, 1.54) is 23.0 Å². The lowest BCUT2D eigenvalue weighted by atomic mass is 9.98. The zero-order valence-electron chi connectivity index (χ0n) is 12.8. The van der Waals surface area contributed by atoms with E-state index in [1.807, 2.05) is 0 Å². The van der Waals surface area contributed by atoms with E-state index in [9.17, 15) is 8.42 Å². The molecule has 1 aliphatic heterocycles. The van der Waals surface area contributed by atoms with Gasteiger partial charge in [0.15, 0.2) is 0 Å². The fourth-order valence-electron chi connectivity index (χ4n) is 2.58. The van der Waals surface area contributed by atoms with E-state index >= 15 is 0 Å². The van der Waals surface area contributed by atoms with Gasteiger partial charge in [-0.2, -0.15) is 0 Å². The van der Waals surface area contributed by atoms with Crippen molar-refractivity contribution in [2.45, 2.75) is 19.8 Å². The summed E-state index contributed by atoms with van der Waals surface area (Å²) in [4.78, 5) is 2.36. The van der Waals surface area contributed by atoms with E-state index in [1.54, 1.807) is 0 Å². The van der Waals surface area contributed by atoms with Gasteiger partial charge in [-0.05, 0) is 37.4 Å². The minimum Gasteiger partial charge on any atom is -0.299 e. The maximum Gasteiger partial charge on any atom is 0.208 e. The lowest BCUT2D eigenvalue weighted by Gasteiger charge is -2.26. The molecule has 0 unspecified atom stereocenters. The molecule has 4 nitrogen and oxygen atoms in total. The van der Waals surface area contributed by atoms with Crippen molar-refractivity contribution in [3.8, 4) is 0 Å². The van der Waals surface area contributed by atoms with Crippen molar-refractivity contribution in [1.82, 2.24) is 9.62 Å². The molecule has 21 heavy (non-hydrogen) atoms. The average molecular weight is 308 g/mol. The van der Waals surface area contributed by atoms with Crippen LogP contribution in [-0.4, -0.2) is 45.8 Å². The lowest BCUT2D eigenvalue weighted by Crippen LogP contribution is -2.32. The smallest absolute Gasteiger partial charge is 0.208 e. The van der Waals surface area contributed by atoms with Crippen molar-refractivity contribution >= 4 is 15.6 Å². The SMILES string of the molecule is Cc1cccc(C2=CCN(CCCNS(C)(=O)=O)CC2)c1. The van der Waals surface area contributed by atoms with Crippen LogP contribution in [0.1, 0.15) is 24.0 Å². The first-order chi connectivity index (χ1) is 9.94. The summed E-state index contributed by atoms with van der Waals surface area (Å²) in [6.45, 7) is 5.55. The second-order valence-corrected chi connectivity index (χ2v) is 7.50. The predicted molar refractivity (Wildman–Crippen MR) is 87.7 cm³/mol. The summed E-state index contributed by atoms with van der Waals surface area (Å²) in [6.07, 6.45) is 5.40. The average Bonchev–Trinajstić information content (AvgIpc) is 2.43. The summed E-state index contributed by atoms with van der Waals surface area (Å²) in [5, 5.41) is 0. The van der Waals surface area contributed by atoms with Gasteiger partial charge in [-0.15, -0.1) is 0 Å². The molecule has 0 atom stereocenters. The third-order valence-electron chi connectivity index (χ3n) is 3.70. The van der Waals surface area contributed by atoms with Crippen LogP contribution in [-0.2, 0) is 10.0 Å². The summed E-state index contributed by atoms with van der Waals surface area (Å²) in [5.41, 5.74) is 4.04. The van der Waals surface area contributed by atoms with Crippen LogP contribution in [0.3, 0.4) is 0 Å². The van der Waals surface area contributed by atoms with Gasteiger partial charge in [0.2, 0.25) is 10.0 Å². The monoisotopic (exact) mass is 308 g/mol. The quantitative estimate of drug-likeness (QED) is 0.818. The molecule has 1 aromatic carbocycles. The van der Waals surface area contributed by atoms with Crippen LogP contribution in [0.2, 0.25) is 0 Å². The highest BCUT2D eigenvalue weighted by Gasteiger charge is 2.12. The Morgan fingerprint density at radius 1 is 1.33 bits per heavy atom. The van der Waals surface area contributed by atoms with Crippen molar-refractivity contribution in [3.05, 3.63) is 41.5 Å². The minimum absolute atomic E-state index is 0.518. The number of hydrogen-bond acceptors (Lipinski definition) is 3. The number of nitrogens with zero attached hydrogens (tertiary/aromatic N) is 1. The number of benzene rings is 1. The Hall–Kier alpha value is -1.17. The normalized spacial score (nSPS) is 16.8. The van der Waals surface area contributed by atoms with Gasteiger partial charge in [0.25, 0.3) is 0 Å². The van der Waals surface area contributed by atoms with E-state index in [0.717, 1.165) is 32.5 Å². The summed E-state index contributed by atoms with van der Waals surface area (Å²) < 4.78 is 24.5. The third kappa shape index (κ3) is 5.61. The number of sulfonamides is 1. The Bertz CT molecular complexity index is 608. The number of aryl methyl sites for hydroxylation is 1. The van der Waals surface area contributed by atoms with Gasteiger partial charge in [0, 0.05) is 19.6 Å². The van der Waals surface area contributed by atoms with Crippen molar-refractivity contribution in [2.24, 2.45) is 0 Å². The highest BCUT2D eigenvalue weighted by molar-refractivity contribution is 7.88. The largest absolute Gasteiger partial charge is 0.299 e. The molecule has 0 saturated carbocycles. The third-order valence-corrected chi connectivity index (χ3v) is 4.43. The molecule has 1 heterocycles. The molecule has 0 spiro atoms. The van der Waals surface area contributed by atoms with Gasteiger partial charge >= 0.3 is 0 Å². The molecular weight excluding hydrogens is 284 g/mol. The van der Waals surface area contributed by atoms with Gasteiger partial charge in [-0.25, -0.2) is 13.1 Å². The second kappa shape index (κ2) is 7.20. The molecule has 0 aliphatic carbocycles. The molecule has 0 bridgehead atoms. The molecule has 0 amide bonds. The van der Waals surface area contributed by atoms with Crippen LogP contribution in [0.5, 0.6) is 0 Å². The molecule has 1 aliphatic rings. The predicted octanol–water partition coefficient (Wildman–Crippen LogP) is 2.02. The summed E-state index contributed by atoms with van der Waals surface area (Å²) in [6, 6.07) is 8.63. The molecule has 0 radical (unpaired) electrons. The first-order valence-electron chi connectivity index (χ1n) is 7.37. The molecule has 1 aromatic rings. The Morgan fingerprint density at radius 3 is 2.76 bits per heavy atom. The van der Waals surface area contributed by atoms with E-state index in [4.69, 9.17) is 0 Å². The van der Waals surface area contributed by atoms with Crippen LogP contribution in [0, 0.1) is 6.92 Å². The van der Waals surface area contributed by atoms with Crippen molar-refractivity contribution < 1.29 is 8.42 Å². The summed E-state index contributed by atoms with van der Waals surface area (Å²) in [7, 11) is -3.06. The van der Waals surface area contributed by atoms with Gasteiger partial charge in [0.1, 0.15) is 0 Å². The lowest BCUT2D eigenvalue weighted by molar-refractivity contribution is 0.298. The molecule has 5 heteroatoms. The fraction of sp³-hybridized carbons (Fsp3) is 0.500. The maximum atomic E-state index is 11.0. The van der Waals surface area contributed by atoms with Gasteiger partial charge in [-0.1, -0.05) is 35.9 Å². The van der Waals surface area contributed by atoms with Crippen LogP contribution in [0.4, 0.5) is 0 Å². The second-order valence-electron chi connectivity index (χ2n) is 5.67. The Balaban J connectivity index is 1.79. The number of rotatable bonds is 6. The van der Waals surface area contributed by atoms with Crippen molar-refractivity contribution in [2.75, 3.05) is 32.4 Å². The zero-order chi connectivity index (χ0) is 15.3. The first-order valence-corrected chi connectivity index (χ1v) is 9.26. The van der Waals surface area contributed by atoms with Crippen LogP contribution < -0.4 is 4.72 Å². The van der Waals surface area contributed by atoms with E-state index in [0.29, 0.717) is 6.54 Å². The molecular formula is C16H24N2O2S. The summed E-state index contributed by atoms with van der Waals surface area (Å²) in [5.74, 6) is 0. The Kier molecular flexibility index (Phi) is 5.56. The number of nitrogens with one attached hydrogen (secondary N) is 1. The molecule has 0 aromatic heterocycles. The van der Waals surface area contributed by atoms with E-state index < -0.39 is 10.0 Å².